The average Bonchev–Trinajstić information content (AvgIpc) is 3.00. The van der Waals surface area contributed by atoms with E-state index in [-0.39, 0.29) is 13.0 Å². The number of ether oxygens (including phenoxy) is 2. The summed E-state index contributed by atoms with van der Waals surface area (Å²) < 4.78 is 10.8. The summed E-state index contributed by atoms with van der Waals surface area (Å²) in [6.07, 6.45) is 7.77. The van der Waals surface area contributed by atoms with Crippen molar-refractivity contribution >= 4 is 23.6 Å². The normalized spacial score (nSPS) is 12.3. The molecule has 0 saturated heterocycles. The standard InChI is InChI=1S/C36H43N3O5/c1-7-9-15-24-39(34(41)31(25-26-16-11-10-12-17-26)38-35(42)44-36(3,4)5)32(30-19-14-13-18-27(30)8-2)33(40)37-28-20-22-29(43-6)23-21-28/h2,10-14,16-23,31-32H,7,9,15,24-25H2,1,3-6H3,(H,37,40)(H,38,42). The summed E-state index contributed by atoms with van der Waals surface area (Å²) in [4.78, 5) is 43.3. The lowest BCUT2D eigenvalue weighted by Crippen LogP contribution is -2.53. The second-order valence-corrected chi connectivity index (χ2v) is 11.5. The highest BCUT2D eigenvalue weighted by Crippen LogP contribution is 2.28. The van der Waals surface area contributed by atoms with Crippen LogP contribution in [0.5, 0.6) is 5.75 Å². The second kappa shape index (κ2) is 16.2. The van der Waals surface area contributed by atoms with E-state index in [1.807, 2.05) is 30.3 Å². The highest BCUT2D eigenvalue weighted by Gasteiger charge is 2.37. The van der Waals surface area contributed by atoms with Crippen LogP contribution in [0.4, 0.5) is 10.5 Å². The SMILES string of the molecule is C#Cc1ccccc1C(C(=O)Nc1ccc(OC)cc1)N(CCCCC)C(=O)C(Cc1ccccc1)NC(=O)OC(C)(C)C. The van der Waals surface area contributed by atoms with Gasteiger partial charge in [-0.15, -0.1) is 6.42 Å². The summed E-state index contributed by atoms with van der Waals surface area (Å²) in [6.45, 7) is 7.61. The Hall–Kier alpha value is -4.77. The number of rotatable bonds is 13. The van der Waals surface area contributed by atoms with Gasteiger partial charge < -0.3 is 25.0 Å². The summed E-state index contributed by atoms with van der Waals surface area (Å²) in [7, 11) is 1.57. The molecule has 3 rings (SSSR count). The number of carbonyl (C=O) groups is 3. The molecule has 2 N–H and O–H groups in total. The van der Waals surface area contributed by atoms with E-state index in [9.17, 15) is 14.4 Å². The van der Waals surface area contributed by atoms with Gasteiger partial charge in [-0.3, -0.25) is 9.59 Å². The molecule has 2 unspecified atom stereocenters. The van der Waals surface area contributed by atoms with Gasteiger partial charge in [-0.2, -0.15) is 0 Å². The zero-order valence-corrected chi connectivity index (χ0v) is 26.3. The number of hydrogen-bond donors (Lipinski definition) is 2. The Balaban J connectivity index is 2.09. The number of terminal acetylenes is 1. The topological polar surface area (TPSA) is 97.0 Å². The smallest absolute Gasteiger partial charge is 0.408 e. The Labute approximate surface area is 261 Å². The van der Waals surface area contributed by atoms with Gasteiger partial charge in [0.15, 0.2) is 0 Å². The fourth-order valence-corrected chi connectivity index (χ4v) is 4.80. The molecule has 3 amide bonds. The molecule has 0 aromatic heterocycles. The third-order valence-corrected chi connectivity index (χ3v) is 6.89. The molecule has 0 aliphatic heterocycles. The van der Waals surface area contributed by atoms with Crippen molar-refractivity contribution in [2.24, 2.45) is 0 Å². The summed E-state index contributed by atoms with van der Waals surface area (Å²) >= 11 is 0. The molecule has 0 fully saturated rings. The Morgan fingerprint density at radius 1 is 0.932 bits per heavy atom. The van der Waals surface area contributed by atoms with Gasteiger partial charge in [0, 0.05) is 24.2 Å². The van der Waals surface area contributed by atoms with E-state index in [1.54, 1.807) is 76.4 Å². The Morgan fingerprint density at radius 3 is 2.20 bits per heavy atom. The van der Waals surface area contributed by atoms with Gasteiger partial charge >= 0.3 is 6.09 Å². The van der Waals surface area contributed by atoms with Crippen molar-refractivity contribution in [1.82, 2.24) is 10.2 Å². The van der Waals surface area contributed by atoms with Crippen molar-refractivity contribution in [2.75, 3.05) is 19.0 Å². The number of nitrogens with one attached hydrogen (secondary N) is 2. The van der Waals surface area contributed by atoms with Crippen LogP contribution in [0.15, 0.2) is 78.9 Å². The predicted molar refractivity (Wildman–Crippen MR) is 173 cm³/mol. The van der Waals surface area contributed by atoms with Crippen LogP contribution < -0.4 is 15.4 Å². The first-order chi connectivity index (χ1) is 21.1. The number of hydrogen-bond acceptors (Lipinski definition) is 5. The van der Waals surface area contributed by atoms with E-state index in [0.29, 0.717) is 29.0 Å². The van der Waals surface area contributed by atoms with Gasteiger partial charge in [-0.1, -0.05) is 74.2 Å². The van der Waals surface area contributed by atoms with Crippen LogP contribution in [0.3, 0.4) is 0 Å². The number of methoxy groups -OCH3 is 1. The van der Waals surface area contributed by atoms with Crippen molar-refractivity contribution in [2.45, 2.75) is 71.1 Å². The van der Waals surface area contributed by atoms with Crippen LogP contribution in [-0.2, 0) is 20.7 Å². The molecule has 0 heterocycles. The van der Waals surface area contributed by atoms with E-state index in [1.165, 1.54) is 4.90 Å². The first-order valence-corrected chi connectivity index (χ1v) is 14.9. The third-order valence-electron chi connectivity index (χ3n) is 6.89. The molecule has 0 aliphatic rings. The van der Waals surface area contributed by atoms with E-state index < -0.39 is 35.6 Å². The Bertz CT molecular complexity index is 1420. The number of anilines is 1. The summed E-state index contributed by atoms with van der Waals surface area (Å²) in [5.74, 6) is 2.47. The molecule has 3 aromatic rings. The van der Waals surface area contributed by atoms with Gasteiger partial charge in [0.2, 0.25) is 5.91 Å². The maximum atomic E-state index is 14.6. The van der Waals surface area contributed by atoms with Gasteiger partial charge in [0.05, 0.1) is 7.11 Å². The molecule has 3 aromatic carbocycles. The Morgan fingerprint density at radius 2 is 1.59 bits per heavy atom. The monoisotopic (exact) mass is 597 g/mol. The third kappa shape index (κ3) is 9.91. The number of carbonyl (C=O) groups excluding carboxylic acids is 3. The number of alkyl carbamates (subject to hydrolysis) is 1. The molecule has 44 heavy (non-hydrogen) atoms. The first-order valence-electron chi connectivity index (χ1n) is 14.9. The molecular weight excluding hydrogens is 554 g/mol. The molecule has 0 radical (unpaired) electrons. The lowest BCUT2D eigenvalue weighted by atomic mass is 9.96. The Kier molecular flexibility index (Phi) is 12.4. The predicted octanol–water partition coefficient (Wildman–Crippen LogP) is 6.51. The summed E-state index contributed by atoms with van der Waals surface area (Å²) in [5, 5.41) is 5.75. The van der Waals surface area contributed by atoms with E-state index in [0.717, 1.165) is 18.4 Å². The minimum Gasteiger partial charge on any atom is -0.497 e. The quantitative estimate of drug-likeness (QED) is 0.173. The molecule has 0 aliphatic carbocycles. The average molecular weight is 598 g/mol. The number of benzene rings is 3. The molecule has 8 nitrogen and oxygen atoms in total. The molecule has 2 atom stereocenters. The highest BCUT2D eigenvalue weighted by molar-refractivity contribution is 5.99. The summed E-state index contributed by atoms with van der Waals surface area (Å²) in [5.41, 5.74) is 1.63. The minimum atomic E-state index is -1.08. The molecule has 232 valence electrons. The molecule has 0 saturated carbocycles. The fraction of sp³-hybridized carbons (Fsp3) is 0.361. The van der Waals surface area contributed by atoms with Crippen LogP contribution in [0.25, 0.3) is 0 Å². The van der Waals surface area contributed by atoms with E-state index in [4.69, 9.17) is 15.9 Å². The zero-order valence-electron chi connectivity index (χ0n) is 26.3. The molecule has 8 heteroatoms. The lowest BCUT2D eigenvalue weighted by Gasteiger charge is -2.35. The second-order valence-electron chi connectivity index (χ2n) is 11.5. The molecule has 0 bridgehead atoms. The number of unbranched alkanes of at least 4 members (excludes halogenated alkanes) is 2. The van der Waals surface area contributed by atoms with E-state index in [2.05, 4.69) is 23.5 Å². The van der Waals surface area contributed by atoms with Crippen molar-refractivity contribution < 1.29 is 23.9 Å². The highest BCUT2D eigenvalue weighted by atomic mass is 16.6. The maximum absolute atomic E-state index is 14.6. The van der Waals surface area contributed by atoms with Crippen molar-refractivity contribution in [3.8, 4) is 18.1 Å². The lowest BCUT2D eigenvalue weighted by molar-refractivity contribution is -0.140. The number of nitrogens with zero attached hydrogens (tertiary/aromatic N) is 1. The van der Waals surface area contributed by atoms with Gasteiger partial charge in [0.25, 0.3) is 5.91 Å². The first kappa shape index (κ1) is 33.7. The van der Waals surface area contributed by atoms with Crippen molar-refractivity contribution in [3.05, 3.63) is 95.6 Å². The molecular formula is C36H43N3O5. The maximum Gasteiger partial charge on any atom is 0.408 e. The van der Waals surface area contributed by atoms with E-state index >= 15 is 0 Å². The van der Waals surface area contributed by atoms with Gasteiger partial charge in [-0.05, 0) is 68.7 Å². The fourth-order valence-electron chi connectivity index (χ4n) is 4.80. The van der Waals surface area contributed by atoms with Crippen molar-refractivity contribution in [1.29, 1.82) is 0 Å². The summed E-state index contributed by atoms with van der Waals surface area (Å²) in [6, 6.07) is 21.4. The largest absolute Gasteiger partial charge is 0.497 e. The van der Waals surface area contributed by atoms with Crippen LogP contribution in [0.1, 0.15) is 69.7 Å². The zero-order chi connectivity index (χ0) is 32.1. The number of amides is 3. The minimum absolute atomic E-state index is 0.201. The van der Waals surface area contributed by atoms with Gasteiger partial charge in [-0.25, -0.2) is 4.79 Å². The molecule has 0 spiro atoms. The van der Waals surface area contributed by atoms with Crippen LogP contribution in [0, 0.1) is 12.3 Å². The van der Waals surface area contributed by atoms with Crippen LogP contribution in [-0.4, -0.2) is 48.1 Å². The van der Waals surface area contributed by atoms with Gasteiger partial charge in [0.1, 0.15) is 23.4 Å². The van der Waals surface area contributed by atoms with Crippen molar-refractivity contribution in [3.63, 3.8) is 0 Å². The van der Waals surface area contributed by atoms with Crippen LogP contribution in [0.2, 0.25) is 0 Å². The van der Waals surface area contributed by atoms with Crippen LogP contribution >= 0.6 is 0 Å².